The van der Waals surface area contributed by atoms with Crippen molar-refractivity contribution in [3.8, 4) is 0 Å². The zero-order valence-electron chi connectivity index (χ0n) is 9.21. The molecule has 1 rings (SSSR count). The van der Waals surface area contributed by atoms with Crippen molar-refractivity contribution in [2.24, 2.45) is 17.6 Å². The van der Waals surface area contributed by atoms with Gasteiger partial charge in [0.15, 0.2) is 0 Å². The van der Waals surface area contributed by atoms with E-state index >= 15 is 0 Å². The standard InChI is InChI=1S/C10H21N3O/c1-6(2)9(11)10(14)13-8-5-12-4-7(8)3/h6-9,12H,4-5,11H2,1-3H3,(H,13,14). The average molecular weight is 199 g/mol. The molecule has 3 atom stereocenters. The summed E-state index contributed by atoms with van der Waals surface area (Å²) >= 11 is 0. The minimum atomic E-state index is -0.386. The zero-order valence-corrected chi connectivity index (χ0v) is 9.21. The second kappa shape index (κ2) is 4.75. The van der Waals surface area contributed by atoms with Crippen LogP contribution in [0.3, 0.4) is 0 Å². The van der Waals surface area contributed by atoms with Crippen molar-refractivity contribution in [1.82, 2.24) is 10.6 Å². The highest BCUT2D eigenvalue weighted by atomic mass is 16.2. The Bertz CT molecular complexity index is 206. The van der Waals surface area contributed by atoms with Gasteiger partial charge in [0.05, 0.1) is 6.04 Å². The molecule has 3 unspecified atom stereocenters. The smallest absolute Gasteiger partial charge is 0.237 e. The Hall–Kier alpha value is -0.610. The van der Waals surface area contributed by atoms with Gasteiger partial charge in [-0.15, -0.1) is 0 Å². The van der Waals surface area contributed by atoms with Crippen molar-refractivity contribution in [3.63, 3.8) is 0 Å². The topological polar surface area (TPSA) is 67.2 Å². The van der Waals surface area contributed by atoms with Crippen LogP contribution in [0.1, 0.15) is 20.8 Å². The molecule has 0 aromatic rings. The normalized spacial score (nSPS) is 29.2. The zero-order chi connectivity index (χ0) is 10.7. The highest BCUT2D eigenvalue weighted by molar-refractivity contribution is 5.82. The van der Waals surface area contributed by atoms with Crippen molar-refractivity contribution in [3.05, 3.63) is 0 Å². The lowest BCUT2D eigenvalue weighted by atomic mass is 10.0. The summed E-state index contributed by atoms with van der Waals surface area (Å²) in [6.45, 7) is 7.88. The SMILES string of the molecule is CC(C)C(N)C(=O)NC1CNCC1C. The fraction of sp³-hybridized carbons (Fsp3) is 0.900. The van der Waals surface area contributed by atoms with Crippen LogP contribution in [0.15, 0.2) is 0 Å². The molecule has 4 N–H and O–H groups in total. The molecule has 1 heterocycles. The van der Waals surface area contributed by atoms with E-state index in [-0.39, 0.29) is 23.9 Å². The van der Waals surface area contributed by atoms with Crippen LogP contribution < -0.4 is 16.4 Å². The minimum Gasteiger partial charge on any atom is -0.350 e. The third-order valence-corrected chi connectivity index (χ3v) is 2.87. The molecular formula is C10H21N3O. The molecule has 82 valence electrons. The summed E-state index contributed by atoms with van der Waals surface area (Å²) < 4.78 is 0. The van der Waals surface area contributed by atoms with Crippen LogP contribution in [0.2, 0.25) is 0 Å². The third-order valence-electron chi connectivity index (χ3n) is 2.87. The summed E-state index contributed by atoms with van der Waals surface area (Å²) in [5.41, 5.74) is 5.75. The minimum absolute atomic E-state index is 0.0273. The molecule has 0 aromatic carbocycles. The summed E-state index contributed by atoms with van der Waals surface area (Å²) in [7, 11) is 0. The lowest BCUT2D eigenvalue weighted by molar-refractivity contribution is -0.124. The molecule has 0 bridgehead atoms. The Morgan fingerprint density at radius 2 is 2.14 bits per heavy atom. The maximum absolute atomic E-state index is 11.6. The monoisotopic (exact) mass is 199 g/mol. The Morgan fingerprint density at radius 1 is 1.50 bits per heavy atom. The van der Waals surface area contributed by atoms with E-state index < -0.39 is 0 Å². The number of nitrogens with two attached hydrogens (primary N) is 1. The maximum atomic E-state index is 11.6. The van der Waals surface area contributed by atoms with Crippen LogP contribution >= 0.6 is 0 Å². The van der Waals surface area contributed by atoms with Crippen LogP contribution in [-0.4, -0.2) is 31.1 Å². The van der Waals surface area contributed by atoms with Crippen LogP contribution in [0.5, 0.6) is 0 Å². The molecule has 4 heteroatoms. The van der Waals surface area contributed by atoms with Crippen molar-refractivity contribution < 1.29 is 4.79 Å². The second-order valence-electron chi connectivity index (χ2n) is 4.52. The average Bonchev–Trinajstić information content (AvgIpc) is 2.50. The van der Waals surface area contributed by atoms with Gasteiger partial charge in [-0.05, 0) is 18.4 Å². The molecule has 0 spiro atoms. The van der Waals surface area contributed by atoms with E-state index in [0.717, 1.165) is 13.1 Å². The Morgan fingerprint density at radius 3 is 2.57 bits per heavy atom. The largest absolute Gasteiger partial charge is 0.350 e. The van der Waals surface area contributed by atoms with Crippen LogP contribution in [0.4, 0.5) is 0 Å². The number of hydrogen-bond acceptors (Lipinski definition) is 3. The number of carbonyl (C=O) groups is 1. The molecule has 0 saturated carbocycles. The van der Waals surface area contributed by atoms with Crippen LogP contribution in [0, 0.1) is 11.8 Å². The number of hydrogen-bond donors (Lipinski definition) is 3. The van der Waals surface area contributed by atoms with E-state index in [1.807, 2.05) is 13.8 Å². The van der Waals surface area contributed by atoms with Gasteiger partial charge in [-0.3, -0.25) is 4.79 Å². The second-order valence-corrected chi connectivity index (χ2v) is 4.52. The van der Waals surface area contributed by atoms with Gasteiger partial charge in [-0.1, -0.05) is 20.8 Å². The molecule has 0 radical (unpaired) electrons. The van der Waals surface area contributed by atoms with E-state index in [1.165, 1.54) is 0 Å². The fourth-order valence-corrected chi connectivity index (χ4v) is 1.58. The molecule has 1 saturated heterocycles. The van der Waals surface area contributed by atoms with Crippen molar-refractivity contribution >= 4 is 5.91 Å². The summed E-state index contributed by atoms with van der Waals surface area (Å²) in [6, 6.07) is -0.143. The van der Waals surface area contributed by atoms with Gasteiger partial charge in [0.1, 0.15) is 0 Å². The predicted octanol–water partition coefficient (Wildman–Crippen LogP) is -0.306. The first-order valence-corrected chi connectivity index (χ1v) is 5.29. The predicted molar refractivity (Wildman–Crippen MR) is 56.8 cm³/mol. The Labute approximate surface area is 85.6 Å². The summed E-state index contributed by atoms with van der Waals surface area (Å²) in [5.74, 6) is 0.665. The molecule has 1 aliphatic rings. The highest BCUT2D eigenvalue weighted by Crippen LogP contribution is 2.08. The van der Waals surface area contributed by atoms with E-state index in [1.54, 1.807) is 0 Å². The number of amides is 1. The van der Waals surface area contributed by atoms with Gasteiger partial charge in [0.25, 0.3) is 0 Å². The van der Waals surface area contributed by atoms with Crippen LogP contribution in [0.25, 0.3) is 0 Å². The van der Waals surface area contributed by atoms with Gasteiger partial charge in [0.2, 0.25) is 5.91 Å². The van der Waals surface area contributed by atoms with Crippen LogP contribution in [-0.2, 0) is 4.79 Å². The van der Waals surface area contributed by atoms with Gasteiger partial charge in [-0.2, -0.15) is 0 Å². The van der Waals surface area contributed by atoms with E-state index in [9.17, 15) is 4.79 Å². The summed E-state index contributed by atoms with van der Waals surface area (Å²) in [4.78, 5) is 11.6. The van der Waals surface area contributed by atoms with Crippen molar-refractivity contribution in [1.29, 1.82) is 0 Å². The van der Waals surface area contributed by atoms with E-state index in [0.29, 0.717) is 5.92 Å². The van der Waals surface area contributed by atoms with E-state index in [2.05, 4.69) is 17.6 Å². The number of rotatable bonds is 3. The molecule has 1 aliphatic heterocycles. The lowest BCUT2D eigenvalue weighted by Gasteiger charge is -2.21. The van der Waals surface area contributed by atoms with Gasteiger partial charge < -0.3 is 16.4 Å². The van der Waals surface area contributed by atoms with E-state index in [4.69, 9.17) is 5.73 Å². The fourth-order valence-electron chi connectivity index (χ4n) is 1.58. The third kappa shape index (κ3) is 2.69. The number of nitrogens with one attached hydrogen (secondary N) is 2. The maximum Gasteiger partial charge on any atom is 0.237 e. The van der Waals surface area contributed by atoms with Crippen molar-refractivity contribution in [2.75, 3.05) is 13.1 Å². The molecule has 1 fully saturated rings. The molecular weight excluding hydrogens is 178 g/mol. The first kappa shape index (κ1) is 11.5. The summed E-state index contributed by atoms with van der Waals surface area (Å²) in [6.07, 6.45) is 0. The Balaban J connectivity index is 2.40. The quantitative estimate of drug-likeness (QED) is 0.584. The molecule has 14 heavy (non-hydrogen) atoms. The first-order chi connectivity index (χ1) is 6.52. The van der Waals surface area contributed by atoms with Gasteiger partial charge in [-0.25, -0.2) is 0 Å². The Kier molecular flexibility index (Phi) is 3.89. The van der Waals surface area contributed by atoms with Gasteiger partial charge >= 0.3 is 0 Å². The number of carbonyl (C=O) groups excluding carboxylic acids is 1. The molecule has 1 amide bonds. The highest BCUT2D eigenvalue weighted by Gasteiger charge is 2.27. The molecule has 4 nitrogen and oxygen atoms in total. The summed E-state index contributed by atoms with van der Waals surface area (Å²) in [5, 5.41) is 6.22. The molecule has 0 aromatic heterocycles. The van der Waals surface area contributed by atoms with Gasteiger partial charge in [0, 0.05) is 12.6 Å². The molecule has 0 aliphatic carbocycles. The van der Waals surface area contributed by atoms with Crippen molar-refractivity contribution in [2.45, 2.75) is 32.9 Å². The lowest BCUT2D eigenvalue weighted by Crippen LogP contribution is -2.49. The first-order valence-electron chi connectivity index (χ1n) is 5.29.